The lowest BCUT2D eigenvalue weighted by atomic mass is 10.0. The van der Waals surface area contributed by atoms with Gasteiger partial charge >= 0.3 is 0 Å². The molecule has 1 heterocycles. The quantitative estimate of drug-likeness (QED) is 0.521. The van der Waals surface area contributed by atoms with Gasteiger partial charge in [-0.1, -0.05) is 6.92 Å². The van der Waals surface area contributed by atoms with Crippen molar-refractivity contribution < 1.29 is 14.3 Å². The molecule has 0 saturated carbocycles. The summed E-state index contributed by atoms with van der Waals surface area (Å²) in [5.74, 6) is 0.775. The Hall–Kier alpha value is -2.08. The molecular weight excluding hydrogens is 282 g/mol. The van der Waals surface area contributed by atoms with Gasteiger partial charge in [0.1, 0.15) is 12.4 Å². The van der Waals surface area contributed by atoms with Crippen LogP contribution in [-0.4, -0.2) is 44.0 Å². The molecule has 0 aliphatic carbocycles. The number of anilines is 1. The minimum Gasteiger partial charge on any atom is -0.490 e. The largest absolute Gasteiger partial charge is 0.490 e. The normalized spacial score (nSPS) is 14.3. The average molecular weight is 305 g/mol. The number of ketones is 1. The maximum absolute atomic E-state index is 12.6. The summed E-state index contributed by atoms with van der Waals surface area (Å²) in [5, 5.41) is 9.13. The predicted octanol–water partition coefficient (Wildman–Crippen LogP) is 1.18. The van der Waals surface area contributed by atoms with E-state index in [4.69, 9.17) is 4.74 Å². The van der Waals surface area contributed by atoms with Crippen molar-refractivity contribution >= 4 is 17.4 Å². The molecule has 0 radical (unpaired) electrons. The van der Waals surface area contributed by atoms with E-state index >= 15 is 0 Å². The summed E-state index contributed by atoms with van der Waals surface area (Å²) in [5.41, 5.74) is 1.53. The van der Waals surface area contributed by atoms with Gasteiger partial charge in [0.15, 0.2) is 5.78 Å². The van der Waals surface area contributed by atoms with Crippen molar-refractivity contribution in [1.82, 2.24) is 10.6 Å². The number of carbonyl (C=O) groups is 2. The van der Waals surface area contributed by atoms with Crippen molar-refractivity contribution in [2.24, 2.45) is 0 Å². The second kappa shape index (κ2) is 7.79. The van der Waals surface area contributed by atoms with Crippen molar-refractivity contribution in [3.63, 3.8) is 0 Å². The fourth-order valence-electron chi connectivity index (χ4n) is 2.40. The van der Waals surface area contributed by atoms with E-state index in [9.17, 15) is 9.59 Å². The summed E-state index contributed by atoms with van der Waals surface area (Å²) in [4.78, 5) is 23.4. The van der Waals surface area contributed by atoms with Crippen LogP contribution in [0.5, 0.6) is 5.75 Å². The molecule has 6 heteroatoms. The van der Waals surface area contributed by atoms with Crippen LogP contribution in [0.3, 0.4) is 0 Å². The molecule has 0 bridgehead atoms. The van der Waals surface area contributed by atoms with Gasteiger partial charge in [-0.3, -0.25) is 9.59 Å². The molecule has 1 unspecified atom stereocenters. The molecule has 0 saturated heterocycles. The van der Waals surface area contributed by atoms with Crippen molar-refractivity contribution in [3.05, 3.63) is 23.8 Å². The highest BCUT2D eigenvalue weighted by molar-refractivity contribution is 6.01. The molecule has 22 heavy (non-hydrogen) atoms. The van der Waals surface area contributed by atoms with Crippen LogP contribution in [0.4, 0.5) is 5.69 Å². The second-order valence-electron chi connectivity index (χ2n) is 5.25. The summed E-state index contributed by atoms with van der Waals surface area (Å²) in [7, 11) is 0. The highest BCUT2D eigenvalue weighted by Crippen LogP contribution is 2.28. The number of nitrogens with one attached hydrogen (secondary N) is 3. The van der Waals surface area contributed by atoms with Crippen LogP contribution >= 0.6 is 0 Å². The van der Waals surface area contributed by atoms with Crippen molar-refractivity contribution in [2.75, 3.05) is 31.6 Å². The third kappa shape index (κ3) is 4.21. The number of hydrogen-bond acceptors (Lipinski definition) is 5. The van der Waals surface area contributed by atoms with Crippen LogP contribution in [0.2, 0.25) is 0 Å². The SMILES string of the molecule is CCC(NCCNC(C)=O)C(=O)c1ccc2c(c1)NCCO2. The number of amides is 1. The molecule has 0 spiro atoms. The van der Waals surface area contributed by atoms with E-state index in [1.165, 1.54) is 6.92 Å². The Morgan fingerprint density at radius 3 is 2.91 bits per heavy atom. The number of carbonyl (C=O) groups excluding carboxylic acids is 2. The molecule has 3 N–H and O–H groups in total. The van der Waals surface area contributed by atoms with Gasteiger partial charge < -0.3 is 20.7 Å². The summed E-state index contributed by atoms with van der Waals surface area (Å²) in [6, 6.07) is 5.22. The van der Waals surface area contributed by atoms with Gasteiger partial charge in [-0.2, -0.15) is 0 Å². The van der Waals surface area contributed by atoms with E-state index in [0.717, 1.165) is 18.0 Å². The number of rotatable bonds is 7. The molecule has 1 atom stereocenters. The van der Waals surface area contributed by atoms with Crippen molar-refractivity contribution in [2.45, 2.75) is 26.3 Å². The Morgan fingerprint density at radius 2 is 2.18 bits per heavy atom. The van der Waals surface area contributed by atoms with Crippen LogP contribution in [0.1, 0.15) is 30.6 Å². The summed E-state index contributed by atoms with van der Waals surface area (Å²) < 4.78 is 5.52. The first-order chi connectivity index (χ1) is 10.6. The number of fused-ring (bicyclic) bond motifs is 1. The summed E-state index contributed by atoms with van der Waals surface area (Å²) in [6.07, 6.45) is 0.694. The van der Waals surface area contributed by atoms with Crippen LogP contribution in [0, 0.1) is 0 Å². The molecule has 6 nitrogen and oxygen atoms in total. The monoisotopic (exact) mass is 305 g/mol. The molecule has 1 amide bonds. The fourth-order valence-corrected chi connectivity index (χ4v) is 2.40. The first-order valence-corrected chi connectivity index (χ1v) is 7.64. The van der Waals surface area contributed by atoms with Gasteiger partial charge in [-0.15, -0.1) is 0 Å². The Labute approximate surface area is 130 Å². The van der Waals surface area contributed by atoms with Gasteiger partial charge in [-0.25, -0.2) is 0 Å². The van der Waals surface area contributed by atoms with E-state index in [1.807, 2.05) is 19.1 Å². The molecule has 1 aliphatic rings. The molecule has 1 aliphatic heterocycles. The van der Waals surface area contributed by atoms with Crippen LogP contribution in [0.15, 0.2) is 18.2 Å². The molecule has 0 fully saturated rings. The number of hydrogen-bond donors (Lipinski definition) is 3. The summed E-state index contributed by atoms with van der Waals surface area (Å²) in [6.45, 7) is 5.91. The van der Waals surface area contributed by atoms with Gasteiger partial charge in [-0.05, 0) is 24.6 Å². The molecule has 1 aromatic carbocycles. The maximum Gasteiger partial charge on any atom is 0.216 e. The second-order valence-corrected chi connectivity index (χ2v) is 5.25. The average Bonchev–Trinajstić information content (AvgIpc) is 2.53. The maximum atomic E-state index is 12.6. The van der Waals surface area contributed by atoms with Crippen LogP contribution < -0.4 is 20.7 Å². The van der Waals surface area contributed by atoms with Crippen molar-refractivity contribution in [1.29, 1.82) is 0 Å². The minimum atomic E-state index is -0.253. The summed E-state index contributed by atoms with van der Waals surface area (Å²) >= 11 is 0. The zero-order valence-corrected chi connectivity index (χ0v) is 13.1. The number of benzene rings is 1. The highest BCUT2D eigenvalue weighted by Gasteiger charge is 2.19. The highest BCUT2D eigenvalue weighted by atomic mass is 16.5. The Morgan fingerprint density at radius 1 is 1.36 bits per heavy atom. The lowest BCUT2D eigenvalue weighted by Gasteiger charge is -2.21. The first-order valence-electron chi connectivity index (χ1n) is 7.64. The van der Waals surface area contributed by atoms with Gasteiger partial charge in [0.05, 0.1) is 11.7 Å². The van der Waals surface area contributed by atoms with E-state index < -0.39 is 0 Å². The Balaban J connectivity index is 1.97. The fraction of sp³-hybridized carbons (Fsp3) is 0.500. The minimum absolute atomic E-state index is 0.0560. The Bertz CT molecular complexity index is 545. The topological polar surface area (TPSA) is 79.5 Å². The van der Waals surface area contributed by atoms with E-state index in [1.54, 1.807) is 6.07 Å². The number of ether oxygens (including phenoxy) is 1. The van der Waals surface area contributed by atoms with E-state index in [0.29, 0.717) is 31.7 Å². The molecule has 120 valence electrons. The van der Waals surface area contributed by atoms with Gasteiger partial charge in [0.2, 0.25) is 5.91 Å². The van der Waals surface area contributed by atoms with Crippen molar-refractivity contribution in [3.8, 4) is 5.75 Å². The zero-order valence-electron chi connectivity index (χ0n) is 13.1. The van der Waals surface area contributed by atoms with E-state index in [2.05, 4.69) is 16.0 Å². The van der Waals surface area contributed by atoms with Gasteiger partial charge in [0.25, 0.3) is 0 Å². The zero-order chi connectivity index (χ0) is 15.9. The van der Waals surface area contributed by atoms with E-state index in [-0.39, 0.29) is 17.7 Å². The molecular formula is C16H23N3O3. The van der Waals surface area contributed by atoms with Gasteiger partial charge in [0, 0.05) is 32.1 Å². The molecule has 1 aromatic rings. The lowest BCUT2D eigenvalue weighted by molar-refractivity contribution is -0.118. The van der Waals surface area contributed by atoms with Crippen LogP contribution in [-0.2, 0) is 4.79 Å². The smallest absolute Gasteiger partial charge is 0.216 e. The van der Waals surface area contributed by atoms with Crippen LogP contribution in [0.25, 0.3) is 0 Å². The first kappa shape index (κ1) is 16.3. The third-order valence-electron chi connectivity index (χ3n) is 3.55. The number of Topliss-reactive ketones (excluding diaryl/α,β-unsaturated/α-hetero) is 1. The third-order valence-corrected chi connectivity index (χ3v) is 3.55. The predicted molar refractivity (Wildman–Crippen MR) is 85.5 cm³/mol. The molecule has 0 aromatic heterocycles. The molecule has 2 rings (SSSR count). The lowest BCUT2D eigenvalue weighted by Crippen LogP contribution is -2.40. The standard InChI is InChI=1S/C16H23N3O3/c1-3-13(18-7-6-17-11(2)20)16(21)12-4-5-15-14(10-12)19-8-9-22-15/h4-5,10,13,18-19H,3,6-9H2,1-2H3,(H,17,20). The Kier molecular flexibility index (Phi) is 5.77.